The van der Waals surface area contributed by atoms with Crippen molar-refractivity contribution in [1.82, 2.24) is 10.9 Å². The molecule has 0 aliphatic carbocycles. The van der Waals surface area contributed by atoms with Crippen LogP contribution in [0.2, 0.25) is 0 Å². The van der Waals surface area contributed by atoms with Crippen LogP contribution < -0.4 is 30.4 Å². The number of carbonyl (C=O) groups is 1. The number of nitrogens with one attached hydrogen (secondary N) is 3. The maximum Gasteiger partial charge on any atom is 0.276 e. The molecule has 1 amide bonds. The lowest BCUT2D eigenvalue weighted by atomic mass is 10.2. The quantitative estimate of drug-likeness (QED) is 0.500. The van der Waals surface area contributed by atoms with Gasteiger partial charge in [-0.25, -0.2) is 0 Å². The zero-order valence-corrected chi connectivity index (χ0v) is 16.0. The Hall–Kier alpha value is -2.52. The first kappa shape index (κ1) is 18.3. The van der Waals surface area contributed by atoms with Crippen molar-refractivity contribution in [3.63, 3.8) is 0 Å². The molecule has 0 fully saturated rings. The summed E-state index contributed by atoms with van der Waals surface area (Å²) in [4.78, 5) is 11.8. The Kier molecular flexibility index (Phi) is 6.13. The molecule has 0 saturated heterocycles. The van der Waals surface area contributed by atoms with Gasteiger partial charge in [0.2, 0.25) is 0 Å². The standard InChI is InChI=1S/C17H16BrN3O4S/c18-12-3-1-2-4-13(12)25-10-16(22)20-21-17(26)19-11-5-6-14-15(9-11)24-8-7-23-14/h1-6,9H,7-8,10H2,(H,20,22)(H2,19,21,26). The molecule has 2 aromatic rings. The predicted molar refractivity (Wildman–Crippen MR) is 105 cm³/mol. The van der Waals surface area contributed by atoms with E-state index in [0.717, 1.165) is 4.47 Å². The molecule has 0 aromatic heterocycles. The third-order valence-electron chi connectivity index (χ3n) is 3.31. The second-order valence-corrected chi connectivity index (χ2v) is 6.47. The summed E-state index contributed by atoms with van der Waals surface area (Å²) in [5, 5.41) is 3.18. The second-order valence-electron chi connectivity index (χ2n) is 5.20. The minimum absolute atomic E-state index is 0.151. The molecule has 136 valence electrons. The lowest BCUT2D eigenvalue weighted by molar-refractivity contribution is -0.123. The van der Waals surface area contributed by atoms with Gasteiger partial charge in [0.05, 0.1) is 4.47 Å². The van der Waals surface area contributed by atoms with E-state index in [1.165, 1.54) is 0 Å². The molecule has 9 heteroatoms. The molecule has 2 aromatic carbocycles. The number of hydrogen-bond acceptors (Lipinski definition) is 5. The highest BCUT2D eigenvalue weighted by atomic mass is 79.9. The Balaban J connectivity index is 1.43. The normalized spacial score (nSPS) is 12.0. The van der Waals surface area contributed by atoms with Gasteiger partial charge in [-0.15, -0.1) is 0 Å². The number of amides is 1. The van der Waals surface area contributed by atoms with Crippen molar-refractivity contribution in [2.45, 2.75) is 0 Å². The molecule has 3 N–H and O–H groups in total. The summed E-state index contributed by atoms with van der Waals surface area (Å²) in [6.45, 7) is 0.891. The van der Waals surface area contributed by atoms with Gasteiger partial charge in [-0.2, -0.15) is 0 Å². The summed E-state index contributed by atoms with van der Waals surface area (Å²) in [7, 11) is 0. The fourth-order valence-corrected chi connectivity index (χ4v) is 2.72. The van der Waals surface area contributed by atoms with E-state index in [-0.39, 0.29) is 17.6 Å². The van der Waals surface area contributed by atoms with E-state index in [0.29, 0.717) is 36.1 Å². The second kappa shape index (κ2) is 8.72. The molecule has 7 nitrogen and oxygen atoms in total. The SMILES string of the molecule is O=C(COc1ccccc1Br)NNC(=S)Nc1ccc2c(c1)OCCO2. The molecule has 3 rings (SSSR count). The summed E-state index contributed by atoms with van der Waals surface area (Å²) in [6.07, 6.45) is 0. The molecular formula is C17H16BrN3O4S. The minimum atomic E-state index is -0.368. The van der Waals surface area contributed by atoms with Crippen LogP contribution in [0, 0.1) is 0 Å². The predicted octanol–water partition coefficient (Wildman–Crippen LogP) is 2.62. The van der Waals surface area contributed by atoms with Gasteiger partial charge < -0.3 is 19.5 Å². The maximum atomic E-state index is 11.8. The molecule has 0 radical (unpaired) electrons. The zero-order valence-electron chi connectivity index (χ0n) is 13.6. The molecule has 1 aliphatic rings. The van der Waals surface area contributed by atoms with Crippen LogP contribution in [0.1, 0.15) is 0 Å². The van der Waals surface area contributed by atoms with Crippen LogP contribution >= 0.6 is 28.1 Å². The molecule has 0 unspecified atom stereocenters. The number of halogens is 1. The van der Waals surface area contributed by atoms with Crippen LogP contribution in [-0.2, 0) is 4.79 Å². The summed E-state index contributed by atoms with van der Waals surface area (Å²) in [5.41, 5.74) is 5.80. The van der Waals surface area contributed by atoms with Crippen LogP contribution in [0.5, 0.6) is 17.2 Å². The number of fused-ring (bicyclic) bond motifs is 1. The minimum Gasteiger partial charge on any atom is -0.486 e. The lowest BCUT2D eigenvalue weighted by Crippen LogP contribution is -2.45. The fraction of sp³-hybridized carbons (Fsp3) is 0.176. The highest BCUT2D eigenvalue weighted by Gasteiger charge is 2.12. The maximum absolute atomic E-state index is 11.8. The molecule has 1 heterocycles. The van der Waals surface area contributed by atoms with Crippen molar-refractivity contribution in [1.29, 1.82) is 0 Å². The monoisotopic (exact) mass is 437 g/mol. The number of ether oxygens (including phenoxy) is 3. The molecule has 1 aliphatic heterocycles. The largest absolute Gasteiger partial charge is 0.486 e. The summed E-state index contributed by atoms with van der Waals surface area (Å²) in [6, 6.07) is 12.7. The van der Waals surface area contributed by atoms with E-state index in [1.807, 2.05) is 18.2 Å². The van der Waals surface area contributed by atoms with Gasteiger partial charge >= 0.3 is 0 Å². The third-order valence-corrected chi connectivity index (χ3v) is 4.17. The van der Waals surface area contributed by atoms with Crippen LogP contribution in [-0.4, -0.2) is 30.8 Å². The average molecular weight is 438 g/mol. The highest BCUT2D eigenvalue weighted by Crippen LogP contribution is 2.32. The van der Waals surface area contributed by atoms with Gasteiger partial charge in [0.25, 0.3) is 5.91 Å². The average Bonchev–Trinajstić information content (AvgIpc) is 2.65. The van der Waals surface area contributed by atoms with E-state index >= 15 is 0 Å². The van der Waals surface area contributed by atoms with E-state index in [9.17, 15) is 4.79 Å². The Morgan fingerprint density at radius 3 is 2.69 bits per heavy atom. The number of rotatable bonds is 4. The van der Waals surface area contributed by atoms with Crippen molar-refractivity contribution in [2.75, 3.05) is 25.1 Å². The fourth-order valence-electron chi connectivity index (χ4n) is 2.15. The Labute approximate surface area is 164 Å². The van der Waals surface area contributed by atoms with E-state index in [1.54, 1.807) is 24.3 Å². The number of hydrogen-bond donors (Lipinski definition) is 3. The molecule has 0 bridgehead atoms. The molecular weight excluding hydrogens is 422 g/mol. The van der Waals surface area contributed by atoms with Gasteiger partial charge in [0.1, 0.15) is 19.0 Å². The van der Waals surface area contributed by atoms with Gasteiger partial charge in [-0.1, -0.05) is 12.1 Å². The zero-order chi connectivity index (χ0) is 18.4. The smallest absolute Gasteiger partial charge is 0.276 e. The van der Waals surface area contributed by atoms with Crippen molar-refractivity contribution >= 4 is 44.9 Å². The van der Waals surface area contributed by atoms with Crippen LogP contribution in [0.25, 0.3) is 0 Å². The Bertz CT molecular complexity index is 818. The molecule has 26 heavy (non-hydrogen) atoms. The van der Waals surface area contributed by atoms with Gasteiger partial charge in [0.15, 0.2) is 23.2 Å². The first-order chi connectivity index (χ1) is 12.6. The van der Waals surface area contributed by atoms with Crippen molar-refractivity contribution < 1.29 is 19.0 Å². The number of hydrazine groups is 1. The van der Waals surface area contributed by atoms with Crippen molar-refractivity contribution in [3.8, 4) is 17.2 Å². The van der Waals surface area contributed by atoms with Crippen LogP contribution in [0.4, 0.5) is 5.69 Å². The first-order valence-corrected chi connectivity index (χ1v) is 8.95. The number of thiocarbonyl (C=S) groups is 1. The number of benzene rings is 2. The summed E-state index contributed by atoms with van der Waals surface area (Å²) >= 11 is 8.50. The van der Waals surface area contributed by atoms with Gasteiger partial charge in [-0.05, 0) is 52.4 Å². The number of carbonyl (C=O) groups excluding carboxylic acids is 1. The first-order valence-electron chi connectivity index (χ1n) is 7.74. The van der Waals surface area contributed by atoms with Gasteiger partial charge in [-0.3, -0.25) is 15.6 Å². The lowest BCUT2D eigenvalue weighted by Gasteiger charge is -2.19. The van der Waals surface area contributed by atoms with E-state index in [4.69, 9.17) is 26.4 Å². The van der Waals surface area contributed by atoms with E-state index < -0.39 is 0 Å². The summed E-state index contributed by atoms with van der Waals surface area (Å²) in [5.74, 6) is 1.56. The van der Waals surface area contributed by atoms with E-state index in [2.05, 4.69) is 32.1 Å². The van der Waals surface area contributed by atoms with Crippen LogP contribution in [0.3, 0.4) is 0 Å². The van der Waals surface area contributed by atoms with Crippen molar-refractivity contribution in [3.05, 3.63) is 46.9 Å². The Morgan fingerprint density at radius 2 is 1.88 bits per heavy atom. The number of anilines is 1. The molecule has 0 saturated carbocycles. The van der Waals surface area contributed by atoms with Crippen molar-refractivity contribution in [2.24, 2.45) is 0 Å². The summed E-state index contributed by atoms with van der Waals surface area (Å²) < 4.78 is 17.2. The van der Waals surface area contributed by atoms with Gasteiger partial charge in [0, 0.05) is 11.8 Å². The van der Waals surface area contributed by atoms with Crippen LogP contribution in [0.15, 0.2) is 46.9 Å². The topological polar surface area (TPSA) is 80.9 Å². The third kappa shape index (κ3) is 4.99. The Morgan fingerprint density at radius 1 is 1.12 bits per heavy atom. The molecule has 0 spiro atoms. The molecule has 0 atom stereocenters. The highest BCUT2D eigenvalue weighted by molar-refractivity contribution is 9.10. The number of para-hydroxylation sites is 1.